The summed E-state index contributed by atoms with van der Waals surface area (Å²) in [5.74, 6) is 0.178. The van der Waals surface area contributed by atoms with Gasteiger partial charge in [-0.15, -0.1) is 10.2 Å². The monoisotopic (exact) mass is 254 g/mol. The van der Waals surface area contributed by atoms with Crippen LogP contribution >= 0.6 is 11.3 Å². The summed E-state index contributed by atoms with van der Waals surface area (Å²) in [6.07, 6.45) is 2.65. The Hall–Kier alpha value is -1.01. The van der Waals surface area contributed by atoms with Gasteiger partial charge < -0.3 is 10.6 Å². The smallest absolute Gasteiger partial charge is 0.229 e. The number of carbonyl (C=O) groups is 1. The van der Waals surface area contributed by atoms with E-state index in [2.05, 4.69) is 27.8 Å². The number of anilines is 1. The lowest BCUT2D eigenvalue weighted by Gasteiger charge is -2.26. The highest BCUT2D eigenvalue weighted by molar-refractivity contribution is 7.15. The number of nitrogens with one attached hydrogen (secondary N) is 2. The summed E-state index contributed by atoms with van der Waals surface area (Å²) in [6, 6.07) is 0.417. The Labute approximate surface area is 105 Å². The van der Waals surface area contributed by atoms with E-state index in [9.17, 15) is 4.79 Å². The molecule has 2 atom stereocenters. The van der Waals surface area contributed by atoms with Crippen LogP contribution in [0.1, 0.15) is 31.7 Å². The maximum Gasteiger partial charge on any atom is 0.229 e. The SMILES string of the molecule is CCc1nnc(NC(=O)C2CCNC(C)C2)s1. The highest BCUT2D eigenvalue weighted by Gasteiger charge is 2.25. The molecule has 17 heavy (non-hydrogen) atoms. The highest BCUT2D eigenvalue weighted by atomic mass is 32.1. The molecule has 2 unspecified atom stereocenters. The van der Waals surface area contributed by atoms with Crippen LogP contribution in [0.2, 0.25) is 0 Å². The Morgan fingerprint density at radius 1 is 1.59 bits per heavy atom. The normalized spacial score (nSPS) is 24.6. The summed E-state index contributed by atoms with van der Waals surface area (Å²) in [7, 11) is 0. The van der Waals surface area contributed by atoms with Crippen LogP contribution in [0.5, 0.6) is 0 Å². The van der Waals surface area contributed by atoms with Gasteiger partial charge in [-0.25, -0.2) is 0 Å². The molecule has 2 rings (SSSR count). The third-order valence-electron chi connectivity index (χ3n) is 2.99. The molecule has 2 N–H and O–H groups in total. The van der Waals surface area contributed by atoms with Crippen LogP contribution in [-0.4, -0.2) is 28.7 Å². The molecule has 1 fully saturated rings. The van der Waals surface area contributed by atoms with Crippen molar-refractivity contribution in [2.45, 2.75) is 39.2 Å². The molecule has 1 aliphatic rings. The molecular weight excluding hydrogens is 236 g/mol. The fraction of sp³-hybridized carbons (Fsp3) is 0.727. The van der Waals surface area contributed by atoms with E-state index in [1.807, 2.05) is 6.92 Å². The molecular formula is C11H18N4OS. The van der Waals surface area contributed by atoms with Crippen LogP contribution in [0.15, 0.2) is 0 Å². The summed E-state index contributed by atoms with van der Waals surface area (Å²) >= 11 is 1.46. The third kappa shape index (κ3) is 3.23. The van der Waals surface area contributed by atoms with Crippen molar-refractivity contribution < 1.29 is 4.79 Å². The summed E-state index contributed by atoms with van der Waals surface area (Å²) < 4.78 is 0. The lowest BCUT2D eigenvalue weighted by Crippen LogP contribution is -2.40. The second kappa shape index (κ2) is 5.55. The van der Waals surface area contributed by atoms with Gasteiger partial charge in [0, 0.05) is 12.0 Å². The van der Waals surface area contributed by atoms with Gasteiger partial charge in [0.2, 0.25) is 11.0 Å². The van der Waals surface area contributed by atoms with Gasteiger partial charge >= 0.3 is 0 Å². The van der Waals surface area contributed by atoms with Gasteiger partial charge in [0.25, 0.3) is 0 Å². The summed E-state index contributed by atoms with van der Waals surface area (Å²) in [5, 5.41) is 15.7. The number of hydrogen-bond acceptors (Lipinski definition) is 5. The zero-order chi connectivity index (χ0) is 12.3. The van der Waals surface area contributed by atoms with Crippen molar-refractivity contribution >= 4 is 22.4 Å². The van der Waals surface area contributed by atoms with Gasteiger partial charge in [-0.3, -0.25) is 4.79 Å². The second-order valence-corrected chi connectivity index (χ2v) is 5.48. The molecule has 1 aromatic rings. The molecule has 1 amide bonds. The fourth-order valence-electron chi connectivity index (χ4n) is 2.02. The van der Waals surface area contributed by atoms with E-state index < -0.39 is 0 Å². The van der Waals surface area contributed by atoms with Crippen LogP contribution < -0.4 is 10.6 Å². The minimum absolute atomic E-state index is 0.0807. The molecule has 0 bridgehead atoms. The maximum atomic E-state index is 12.0. The summed E-state index contributed by atoms with van der Waals surface area (Å²) in [4.78, 5) is 12.0. The molecule has 0 aliphatic carbocycles. The van der Waals surface area contributed by atoms with Crippen molar-refractivity contribution in [3.05, 3.63) is 5.01 Å². The number of aryl methyl sites for hydroxylation is 1. The maximum absolute atomic E-state index is 12.0. The molecule has 6 heteroatoms. The molecule has 0 aromatic carbocycles. The average Bonchev–Trinajstić information content (AvgIpc) is 2.77. The quantitative estimate of drug-likeness (QED) is 0.856. The second-order valence-electron chi connectivity index (χ2n) is 4.42. The van der Waals surface area contributed by atoms with E-state index in [4.69, 9.17) is 0 Å². The summed E-state index contributed by atoms with van der Waals surface area (Å²) in [6.45, 7) is 5.05. The van der Waals surface area contributed by atoms with Gasteiger partial charge in [-0.05, 0) is 32.7 Å². The number of piperidine rings is 1. The molecule has 1 aromatic heterocycles. The first-order chi connectivity index (χ1) is 8.19. The van der Waals surface area contributed by atoms with Crippen molar-refractivity contribution in [3.8, 4) is 0 Å². The number of hydrogen-bond donors (Lipinski definition) is 2. The predicted octanol–water partition coefficient (Wildman–Crippen LogP) is 1.43. The van der Waals surface area contributed by atoms with Crippen LogP contribution in [-0.2, 0) is 11.2 Å². The van der Waals surface area contributed by atoms with Crippen molar-refractivity contribution in [2.24, 2.45) is 5.92 Å². The molecule has 0 radical (unpaired) electrons. The lowest BCUT2D eigenvalue weighted by atomic mass is 9.93. The Bertz CT molecular complexity index is 393. The zero-order valence-corrected chi connectivity index (χ0v) is 11.0. The Kier molecular flexibility index (Phi) is 4.06. The van der Waals surface area contributed by atoms with Crippen molar-refractivity contribution in [3.63, 3.8) is 0 Å². The topological polar surface area (TPSA) is 66.9 Å². The zero-order valence-electron chi connectivity index (χ0n) is 10.2. The standard InChI is InChI=1S/C11H18N4OS/c1-3-9-14-15-11(17-9)13-10(16)8-4-5-12-7(2)6-8/h7-8,12H,3-6H2,1-2H3,(H,13,15,16). The van der Waals surface area contributed by atoms with E-state index in [0.717, 1.165) is 30.8 Å². The third-order valence-corrected chi connectivity index (χ3v) is 3.98. The van der Waals surface area contributed by atoms with Crippen molar-refractivity contribution in [2.75, 3.05) is 11.9 Å². The first kappa shape index (κ1) is 12.4. The number of rotatable bonds is 3. The van der Waals surface area contributed by atoms with Gasteiger partial charge in [-0.1, -0.05) is 18.3 Å². The van der Waals surface area contributed by atoms with E-state index >= 15 is 0 Å². The first-order valence-corrected chi connectivity index (χ1v) is 6.87. The van der Waals surface area contributed by atoms with E-state index in [-0.39, 0.29) is 11.8 Å². The number of carbonyl (C=O) groups excluding carboxylic acids is 1. The fourth-order valence-corrected chi connectivity index (χ4v) is 2.71. The van der Waals surface area contributed by atoms with Crippen LogP contribution in [0.25, 0.3) is 0 Å². The van der Waals surface area contributed by atoms with Crippen LogP contribution in [0, 0.1) is 5.92 Å². The molecule has 94 valence electrons. The Balaban J connectivity index is 1.91. The Morgan fingerprint density at radius 3 is 3.06 bits per heavy atom. The van der Waals surface area contributed by atoms with Crippen LogP contribution in [0.3, 0.4) is 0 Å². The van der Waals surface area contributed by atoms with E-state index in [0.29, 0.717) is 11.2 Å². The van der Waals surface area contributed by atoms with Gasteiger partial charge in [0.15, 0.2) is 0 Å². The molecule has 5 nitrogen and oxygen atoms in total. The number of amides is 1. The van der Waals surface area contributed by atoms with Gasteiger partial charge in [-0.2, -0.15) is 0 Å². The highest BCUT2D eigenvalue weighted by Crippen LogP contribution is 2.20. The molecule has 2 heterocycles. The first-order valence-electron chi connectivity index (χ1n) is 6.05. The number of aromatic nitrogens is 2. The molecule has 0 spiro atoms. The molecule has 0 saturated carbocycles. The van der Waals surface area contributed by atoms with Gasteiger partial charge in [0.05, 0.1) is 0 Å². The average molecular weight is 254 g/mol. The Morgan fingerprint density at radius 2 is 2.41 bits per heavy atom. The van der Waals surface area contributed by atoms with Crippen molar-refractivity contribution in [1.82, 2.24) is 15.5 Å². The predicted molar refractivity (Wildman–Crippen MR) is 68.1 cm³/mol. The van der Waals surface area contributed by atoms with E-state index in [1.54, 1.807) is 0 Å². The summed E-state index contributed by atoms with van der Waals surface area (Å²) in [5.41, 5.74) is 0. The lowest BCUT2D eigenvalue weighted by molar-refractivity contribution is -0.120. The minimum Gasteiger partial charge on any atom is -0.314 e. The van der Waals surface area contributed by atoms with E-state index in [1.165, 1.54) is 11.3 Å². The molecule has 1 aliphatic heterocycles. The molecule has 1 saturated heterocycles. The van der Waals surface area contributed by atoms with Crippen molar-refractivity contribution in [1.29, 1.82) is 0 Å². The number of nitrogens with zero attached hydrogens (tertiary/aromatic N) is 2. The van der Waals surface area contributed by atoms with Crippen LogP contribution in [0.4, 0.5) is 5.13 Å². The van der Waals surface area contributed by atoms with Gasteiger partial charge in [0.1, 0.15) is 5.01 Å². The largest absolute Gasteiger partial charge is 0.314 e. The minimum atomic E-state index is 0.0807.